The molecule has 0 aliphatic rings. The minimum Gasteiger partial charge on any atom is -0.396 e. The third-order valence-electron chi connectivity index (χ3n) is 3.78. The maximum Gasteiger partial charge on any atom is 0.245 e. The molecule has 3 rings (SSSR count). The van der Waals surface area contributed by atoms with Crippen LogP contribution in [0.1, 0.15) is 18.4 Å². The van der Waals surface area contributed by atoms with E-state index in [-0.39, 0.29) is 6.61 Å². The number of nitrogens with zero attached hydrogens (tertiary/aromatic N) is 2. The van der Waals surface area contributed by atoms with Gasteiger partial charge in [-0.1, -0.05) is 42.5 Å². The molecule has 0 unspecified atom stereocenters. The van der Waals surface area contributed by atoms with Crippen LogP contribution < -0.4 is 4.57 Å². The molecule has 0 amide bonds. The highest BCUT2D eigenvalue weighted by atomic mass is 16.2. The summed E-state index contributed by atoms with van der Waals surface area (Å²) in [6, 6.07) is 19.0. The molecule has 0 spiro atoms. The Morgan fingerprint density at radius 1 is 0.905 bits per heavy atom. The lowest BCUT2D eigenvalue weighted by Crippen LogP contribution is -2.32. The summed E-state index contributed by atoms with van der Waals surface area (Å²) in [6.45, 7) is 2.10. The van der Waals surface area contributed by atoms with Gasteiger partial charge in [0.2, 0.25) is 6.33 Å². The molecule has 0 saturated carbocycles. The van der Waals surface area contributed by atoms with Crippen LogP contribution in [-0.4, -0.2) is 16.3 Å². The molecular weight excluding hydrogens is 260 g/mol. The number of aliphatic hydroxyl groups is 1. The normalized spacial score (nSPS) is 11.1. The third-order valence-corrected chi connectivity index (χ3v) is 3.78. The molecule has 1 heterocycles. The van der Waals surface area contributed by atoms with Crippen LogP contribution in [0.25, 0.3) is 11.0 Å². The predicted octanol–water partition coefficient (Wildman–Crippen LogP) is 2.75. The van der Waals surface area contributed by atoms with E-state index in [9.17, 15) is 0 Å². The van der Waals surface area contributed by atoms with Gasteiger partial charge in [-0.05, 0) is 30.5 Å². The van der Waals surface area contributed by atoms with Crippen molar-refractivity contribution < 1.29 is 9.67 Å². The van der Waals surface area contributed by atoms with Crippen molar-refractivity contribution in [3.05, 3.63) is 66.5 Å². The van der Waals surface area contributed by atoms with Crippen LogP contribution >= 0.6 is 0 Å². The van der Waals surface area contributed by atoms with Crippen molar-refractivity contribution in [3.63, 3.8) is 0 Å². The summed E-state index contributed by atoms with van der Waals surface area (Å²) in [4.78, 5) is 0. The Morgan fingerprint density at radius 3 is 2.48 bits per heavy atom. The molecule has 3 nitrogen and oxygen atoms in total. The fraction of sp³-hybridized carbons (Fsp3) is 0.278. The summed E-state index contributed by atoms with van der Waals surface area (Å²) >= 11 is 0. The lowest BCUT2D eigenvalue weighted by atomic mass is 10.2. The van der Waals surface area contributed by atoms with Gasteiger partial charge >= 0.3 is 0 Å². The highest BCUT2D eigenvalue weighted by Gasteiger charge is 2.14. The average Bonchev–Trinajstić information content (AvgIpc) is 2.87. The predicted molar refractivity (Wildman–Crippen MR) is 84.0 cm³/mol. The number of fused-ring (bicyclic) bond motifs is 1. The molecule has 1 aromatic heterocycles. The summed E-state index contributed by atoms with van der Waals surface area (Å²) in [5.41, 5.74) is 3.82. The summed E-state index contributed by atoms with van der Waals surface area (Å²) in [5, 5.41) is 8.94. The zero-order valence-corrected chi connectivity index (χ0v) is 12.2. The average molecular weight is 281 g/mol. The molecule has 0 saturated heterocycles. The lowest BCUT2D eigenvalue weighted by molar-refractivity contribution is -0.663. The van der Waals surface area contributed by atoms with E-state index >= 15 is 0 Å². The van der Waals surface area contributed by atoms with Crippen molar-refractivity contribution in [2.75, 3.05) is 6.61 Å². The minimum atomic E-state index is 0.267. The van der Waals surface area contributed by atoms with Gasteiger partial charge in [-0.3, -0.25) is 0 Å². The third kappa shape index (κ3) is 3.14. The number of hydrogen-bond acceptors (Lipinski definition) is 1. The van der Waals surface area contributed by atoms with Crippen LogP contribution in [0.5, 0.6) is 0 Å². The summed E-state index contributed by atoms with van der Waals surface area (Å²) in [6.07, 6.45) is 4.04. The second kappa shape index (κ2) is 6.55. The monoisotopic (exact) mass is 281 g/mol. The molecule has 0 atom stereocenters. The Balaban J connectivity index is 1.91. The van der Waals surface area contributed by atoms with E-state index in [4.69, 9.17) is 5.11 Å². The van der Waals surface area contributed by atoms with E-state index in [1.807, 2.05) is 6.07 Å². The Labute approximate surface area is 125 Å². The quantitative estimate of drug-likeness (QED) is 0.546. The first-order valence-electron chi connectivity index (χ1n) is 7.50. The van der Waals surface area contributed by atoms with Crippen LogP contribution in [0.15, 0.2) is 60.9 Å². The van der Waals surface area contributed by atoms with Crippen LogP contribution in [0, 0.1) is 0 Å². The van der Waals surface area contributed by atoms with Gasteiger partial charge < -0.3 is 5.11 Å². The first-order valence-corrected chi connectivity index (χ1v) is 7.50. The molecule has 3 heteroatoms. The molecule has 2 aromatic carbocycles. The van der Waals surface area contributed by atoms with Gasteiger partial charge in [-0.15, -0.1) is 0 Å². The van der Waals surface area contributed by atoms with Crippen LogP contribution in [0.4, 0.5) is 0 Å². The van der Waals surface area contributed by atoms with Crippen LogP contribution in [-0.2, 0) is 13.1 Å². The van der Waals surface area contributed by atoms with E-state index in [0.29, 0.717) is 0 Å². The zero-order chi connectivity index (χ0) is 14.5. The van der Waals surface area contributed by atoms with Gasteiger partial charge in [0.1, 0.15) is 6.54 Å². The Hall–Kier alpha value is -2.13. The molecule has 21 heavy (non-hydrogen) atoms. The van der Waals surface area contributed by atoms with E-state index in [0.717, 1.165) is 25.9 Å². The number of unbranched alkanes of at least 4 members (excludes halogenated alkanes) is 1. The van der Waals surface area contributed by atoms with E-state index < -0.39 is 0 Å². The van der Waals surface area contributed by atoms with Crippen molar-refractivity contribution in [1.29, 1.82) is 0 Å². The van der Waals surface area contributed by atoms with Gasteiger partial charge in [0.15, 0.2) is 11.0 Å². The van der Waals surface area contributed by atoms with Crippen molar-refractivity contribution in [3.8, 4) is 0 Å². The number of hydrogen-bond donors (Lipinski definition) is 1. The van der Waals surface area contributed by atoms with Crippen LogP contribution in [0.2, 0.25) is 0 Å². The van der Waals surface area contributed by atoms with E-state index in [1.165, 1.54) is 16.6 Å². The lowest BCUT2D eigenvalue weighted by Gasteiger charge is -1.98. The molecule has 0 fully saturated rings. The number of aryl methyl sites for hydroxylation is 1. The van der Waals surface area contributed by atoms with Gasteiger partial charge in [0.05, 0.1) is 6.54 Å². The summed E-state index contributed by atoms with van der Waals surface area (Å²) in [5.74, 6) is 0. The van der Waals surface area contributed by atoms with Crippen molar-refractivity contribution in [2.45, 2.75) is 25.9 Å². The topological polar surface area (TPSA) is 29.0 Å². The highest BCUT2D eigenvalue weighted by molar-refractivity contribution is 5.71. The summed E-state index contributed by atoms with van der Waals surface area (Å²) < 4.78 is 4.58. The molecule has 0 aliphatic heterocycles. The number of imidazole rings is 1. The number of rotatable bonds is 6. The molecule has 0 aliphatic carbocycles. The maximum absolute atomic E-state index is 8.94. The Morgan fingerprint density at radius 2 is 1.67 bits per heavy atom. The largest absolute Gasteiger partial charge is 0.396 e. The summed E-state index contributed by atoms with van der Waals surface area (Å²) in [7, 11) is 0. The number of aromatic nitrogens is 2. The second-order valence-electron chi connectivity index (χ2n) is 5.34. The van der Waals surface area contributed by atoms with E-state index in [1.54, 1.807) is 0 Å². The van der Waals surface area contributed by atoms with Gasteiger partial charge in [-0.25, -0.2) is 9.13 Å². The van der Waals surface area contributed by atoms with Gasteiger partial charge in [0, 0.05) is 6.61 Å². The van der Waals surface area contributed by atoms with Crippen molar-refractivity contribution >= 4 is 11.0 Å². The smallest absolute Gasteiger partial charge is 0.245 e. The number of para-hydroxylation sites is 2. The standard InChI is InChI=1S/C18H21N2O/c21-13-7-6-12-19-15-20(14-16-8-2-1-3-9-16)18-11-5-4-10-17(18)19/h1-5,8-11,15,21H,6-7,12-14H2/q+1. The van der Waals surface area contributed by atoms with E-state index in [2.05, 4.69) is 64.0 Å². The van der Waals surface area contributed by atoms with Gasteiger partial charge in [0.25, 0.3) is 0 Å². The van der Waals surface area contributed by atoms with Crippen molar-refractivity contribution in [1.82, 2.24) is 4.57 Å². The minimum absolute atomic E-state index is 0.267. The zero-order valence-electron chi connectivity index (χ0n) is 12.2. The maximum atomic E-state index is 8.94. The number of benzene rings is 2. The fourth-order valence-electron chi connectivity index (χ4n) is 2.72. The SMILES string of the molecule is OCCCCn1c[n+](Cc2ccccc2)c2ccccc21. The molecule has 108 valence electrons. The Bertz CT molecular complexity index is 704. The molecule has 0 bridgehead atoms. The first kappa shape index (κ1) is 13.8. The molecule has 3 aromatic rings. The first-order chi connectivity index (χ1) is 10.4. The van der Waals surface area contributed by atoms with Crippen LogP contribution in [0.3, 0.4) is 0 Å². The second-order valence-corrected chi connectivity index (χ2v) is 5.34. The number of aliphatic hydroxyl groups excluding tert-OH is 1. The molecule has 0 radical (unpaired) electrons. The fourth-order valence-corrected chi connectivity index (χ4v) is 2.72. The van der Waals surface area contributed by atoms with Gasteiger partial charge in [-0.2, -0.15) is 0 Å². The molecular formula is C18H21N2O+. The molecule has 1 N–H and O–H groups in total. The highest BCUT2D eigenvalue weighted by Crippen LogP contribution is 2.12. The van der Waals surface area contributed by atoms with Crippen molar-refractivity contribution in [2.24, 2.45) is 0 Å². The Kier molecular flexibility index (Phi) is 4.31.